The molecule has 0 aliphatic rings. The summed E-state index contributed by atoms with van der Waals surface area (Å²) in [6.07, 6.45) is 0. The number of hydrogen-bond donors (Lipinski definition) is 1. The number of hydrogen-bond acceptors (Lipinski definition) is 3. The molecule has 0 saturated heterocycles. The van der Waals surface area contributed by atoms with Crippen molar-refractivity contribution in [3.05, 3.63) is 65.2 Å². The molecule has 2 rings (SSSR count). The van der Waals surface area contributed by atoms with E-state index < -0.39 is 17.6 Å². The zero-order chi connectivity index (χ0) is 13.8. The van der Waals surface area contributed by atoms with Crippen molar-refractivity contribution in [3.8, 4) is 0 Å². The largest absolute Gasteiger partial charge is 0.457 e. The van der Waals surface area contributed by atoms with Crippen molar-refractivity contribution in [2.75, 3.05) is 5.73 Å². The van der Waals surface area contributed by atoms with Gasteiger partial charge in [-0.15, -0.1) is 0 Å². The SMILES string of the molecule is Nc1ccc(C(=O)OCc2cc(F)ccc2F)cc1. The van der Waals surface area contributed by atoms with Gasteiger partial charge >= 0.3 is 5.97 Å². The van der Waals surface area contributed by atoms with Gasteiger partial charge in [-0.05, 0) is 42.5 Å². The van der Waals surface area contributed by atoms with Crippen LogP contribution in [0.2, 0.25) is 0 Å². The van der Waals surface area contributed by atoms with Crippen LogP contribution in [0.25, 0.3) is 0 Å². The summed E-state index contributed by atoms with van der Waals surface area (Å²) in [7, 11) is 0. The number of rotatable bonds is 3. The van der Waals surface area contributed by atoms with Crippen LogP contribution >= 0.6 is 0 Å². The Balaban J connectivity index is 2.04. The second-order valence-electron chi connectivity index (χ2n) is 3.93. The zero-order valence-electron chi connectivity index (χ0n) is 9.90. The summed E-state index contributed by atoms with van der Waals surface area (Å²) < 4.78 is 31.1. The molecule has 2 aromatic rings. The maximum absolute atomic E-state index is 13.3. The molecule has 2 aromatic carbocycles. The van der Waals surface area contributed by atoms with Crippen LogP contribution in [0.5, 0.6) is 0 Å². The normalized spacial score (nSPS) is 10.2. The second-order valence-corrected chi connectivity index (χ2v) is 3.93. The van der Waals surface area contributed by atoms with Crippen LogP contribution in [0.1, 0.15) is 15.9 Å². The molecule has 0 heterocycles. The van der Waals surface area contributed by atoms with Crippen molar-refractivity contribution in [3.63, 3.8) is 0 Å². The number of halogens is 2. The van der Waals surface area contributed by atoms with Gasteiger partial charge in [-0.1, -0.05) is 0 Å². The number of esters is 1. The van der Waals surface area contributed by atoms with E-state index >= 15 is 0 Å². The third kappa shape index (κ3) is 3.28. The molecule has 0 fully saturated rings. The minimum atomic E-state index is -0.622. The summed E-state index contributed by atoms with van der Waals surface area (Å²) in [6.45, 7) is -0.327. The number of nitrogen functional groups attached to an aromatic ring is 1. The highest BCUT2D eigenvalue weighted by Crippen LogP contribution is 2.13. The predicted octanol–water partition coefficient (Wildman–Crippen LogP) is 2.90. The van der Waals surface area contributed by atoms with Gasteiger partial charge in [0.15, 0.2) is 0 Å². The summed E-state index contributed by atoms with van der Waals surface area (Å²) in [5.41, 5.74) is 6.29. The topological polar surface area (TPSA) is 52.3 Å². The van der Waals surface area contributed by atoms with Gasteiger partial charge in [-0.2, -0.15) is 0 Å². The first-order valence-corrected chi connectivity index (χ1v) is 5.53. The molecule has 0 aliphatic heterocycles. The number of nitrogens with two attached hydrogens (primary N) is 1. The van der Waals surface area contributed by atoms with E-state index in [1.165, 1.54) is 12.1 Å². The molecule has 0 bridgehead atoms. The Bertz CT molecular complexity index is 597. The quantitative estimate of drug-likeness (QED) is 0.684. The van der Waals surface area contributed by atoms with Gasteiger partial charge in [0.2, 0.25) is 0 Å². The molecule has 98 valence electrons. The van der Waals surface area contributed by atoms with Crippen molar-refractivity contribution in [1.29, 1.82) is 0 Å². The average Bonchev–Trinajstić information content (AvgIpc) is 2.40. The molecule has 2 N–H and O–H groups in total. The highest BCUT2D eigenvalue weighted by atomic mass is 19.1. The minimum Gasteiger partial charge on any atom is -0.457 e. The lowest BCUT2D eigenvalue weighted by Gasteiger charge is -2.06. The van der Waals surface area contributed by atoms with Gasteiger partial charge in [0.05, 0.1) is 5.56 Å². The van der Waals surface area contributed by atoms with Crippen LogP contribution in [-0.4, -0.2) is 5.97 Å². The van der Waals surface area contributed by atoms with Crippen LogP contribution in [0.3, 0.4) is 0 Å². The molecule has 0 atom stereocenters. The molecule has 0 radical (unpaired) electrons. The summed E-state index contributed by atoms with van der Waals surface area (Å²) in [4.78, 5) is 11.6. The van der Waals surface area contributed by atoms with E-state index in [1.807, 2.05) is 0 Å². The summed E-state index contributed by atoms with van der Waals surface area (Å²) in [6, 6.07) is 9.09. The summed E-state index contributed by atoms with van der Waals surface area (Å²) in [5.74, 6) is -1.82. The fourth-order valence-corrected chi connectivity index (χ4v) is 1.50. The van der Waals surface area contributed by atoms with Crippen molar-refractivity contribution in [2.45, 2.75) is 6.61 Å². The fraction of sp³-hybridized carbons (Fsp3) is 0.0714. The fourth-order valence-electron chi connectivity index (χ4n) is 1.50. The third-order valence-electron chi connectivity index (χ3n) is 2.51. The van der Waals surface area contributed by atoms with E-state index in [4.69, 9.17) is 10.5 Å². The van der Waals surface area contributed by atoms with Crippen LogP contribution in [0, 0.1) is 11.6 Å². The first-order chi connectivity index (χ1) is 9.06. The summed E-state index contributed by atoms with van der Waals surface area (Å²) >= 11 is 0. The molecule has 3 nitrogen and oxygen atoms in total. The molecule has 0 amide bonds. The minimum absolute atomic E-state index is 0.0104. The molecule has 0 aliphatic carbocycles. The first kappa shape index (κ1) is 13.0. The van der Waals surface area contributed by atoms with E-state index in [-0.39, 0.29) is 12.2 Å². The number of anilines is 1. The van der Waals surface area contributed by atoms with Gasteiger partial charge in [-0.25, -0.2) is 13.6 Å². The molecule has 5 heteroatoms. The van der Waals surface area contributed by atoms with Gasteiger partial charge in [0.25, 0.3) is 0 Å². The molecular formula is C14H11F2NO2. The van der Waals surface area contributed by atoms with Crippen molar-refractivity contribution < 1.29 is 18.3 Å². The summed E-state index contributed by atoms with van der Waals surface area (Å²) in [5, 5.41) is 0. The Kier molecular flexibility index (Phi) is 3.75. The number of ether oxygens (including phenoxy) is 1. The van der Waals surface area contributed by atoms with Crippen LogP contribution in [0.4, 0.5) is 14.5 Å². The molecule has 19 heavy (non-hydrogen) atoms. The zero-order valence-corrected chi connectivity index (χ0v) is 9.90. The number of carbonyl (C=O) groups excluding carboxylic acids is 1. The van der Waals surface area contributed by atoms with Crippen LogP contribution in [-0.2, 0) is 11.3 Å². The van der Waals surface area contributed by atoms with Crippen molar-refractivity contribution >= 4 is 11.7 Å². The first-order valence-electron chi connectivity index (χ1n) is 5.53. The Hall–Kier alpha value is -2.43. The standard InChI is InChI=1S/C14H11F2NO2/c15-11-3-6-13(16)10(7-11)8-19-14(18)9-1-4-12(17)5-2-9/h1-7H,8,17H2. The Labute approximate surface area is 108 Å². The van der Waals surface area contributed by atoms with Crippen LogP contribution in [0.15, 0.2) is 42.5 Å². The highest BCUT2D eigenvalue weighted by Gasteiger charge is 2.10. The molecule has 0 saturated carbocycles. The predicted molar refractivity (Wildman–Crippen MR) is 66.3 cm³/mol. The van der Waals surface area contributed by atoms with Gasteiger partial charge in [0, 0.05) is 11.3 Å². The smallest absolute Gasteiger partial charge is 0.338 e. The van der Waals surface area contributed by atoms with E-state index in [2.05, 4.69) is 0 Å². The van der Waals surface area contributed by atoms with E-state index in [0.29, 0.717) is 11.3 Å². The highest BCUT2D eigenvalue weighted by molar-refractivity contribution is 5.89. The van der Waals surface area contributed by atoms with Crippen molar-refractivity contribution in [2.24, 2.45) is 0 Å². The molecule has 0 unspecified atom stereocenters. The molecular weight excluding hydrogens is 252 g/mol. The molecule has 0 spiro atoms. The third-order valence-corrected chi connectivity index (χ3v) is 2.51. The van der Waals surface area contributed by atoms with E-state index in [9.17, 15) is 13.6 Å². The average molecular weight is 263 g/mol. The number of carbonyl (C=O) groups is 1. The Morgan fingerprint density at radius 3 is 2.47 bits per heavy atom. The Morgan fingerprint density at radius 1 is 1.11 bits per heavy atom. The lowest BCUT2D eigenvalue weighted by molar-refractivity contribution is 0.0468. The maximum Gasteiger partial charge on any atom is 0.338 e. The van der Waals surface area contributed by atoms with Crippen molar-refractivity contribution in [1.82, 2.24) is 0 Å². The van der Waals surface area contributed by atoms with Gasteiger partial charge in [-0.3, -0.25) is 0 Å². The number of benzene rings is 2. The van der Waals surface area contributed by atoms with E-state index in [1.54, 1.807) is 12.1 Å². The lowest BCUT2D eigenvalue weighted by atomic mass is 10.2. The van der Waals surface area contributed by atoms with E-state index in [0.717, 1.165) is 18.2 Å². The lowest BCUT2D eigenvalue weighted by Crippen LogP contribution is -2.06. The van der Waals surface area contributed by atoms with Gasteiger partial charge < -0.3 is 10.5 Å². The monoisotopic (exact) mass is 263 g/mol. The maximum atomic E-state index is 13.3. The Morgan fingerprint density at radius 2 is 1.79 bits per heavy atom. The van der Waals surface area contributed by atoms with Gasteiger partial charge in [0.1, 0.15) is 18.2 Å². The molecule has 0 aromatic heterocycles. The van der Waals surface area contributed by atoms with Crippen LogP contribution < -0.4 is 5.73 Å². The second kappa shape index (κ2) is 5.48.